The van der Waals surface area contributed by atoms with E-state index in [2.05, 4.69) is 0 Å². The fraction of sp³-hybridized carbons (Fsp3) is 0.286. The third-order valence-corrected chi connectivity index (χ3v) is 2.95. The number of rotatable bonds is 1. The third kappa shape index (κ3) is 2.79. The molecule has 0 spiro atoms. The van der Waals surface area contributed by atoms with Gasteiger partial charge in [0.25, 0.3) is 5.79 Å². The molecule has 1 fully saturated rings. The van der Waals surface area contributed by atoms with Gasteiger partial charge in [0.2, 0.25) is 0 Å². The molecule has 0 bridgehead atoms. The van der Waals surface area contributed by atoms with Crippen molar-refractivity contribution in [3.8, 4) is 0 Å². The van der Waals surface area contributed by atoms with E-state index >= 15 is 0 Å². The molecule has 4 nitrogen and oxygen atoms in total. The Bertz CT molecular complexity index is 565. The second-order valence-electron chi connectivity index (χ2n) is 4.69. The zero-order valence-electron chi connectivity index (χ0n) is 10.8. The fourth-order valence-corrected chi connectivity index (χ4v) is 2.02. The van der Waals surface area contributed by atoms with Crippen molar-refractivity contribution in [2.75, 3.05) is 0 Å². The van der Waals surface area contributed by atoms with Crippen LogP contribution < -0.4 is 0 Å². The van der Waals surface area contributed by atoms with Crippen LogP contribution in [0.5, 0.6) is 0 Å². The summed E-state index contributed by atoms with van der Waals surface area (Å²) in [6.07, 6.45) is 0. The molecular formula is C14H13ClO4. The molecule has 5 heteroatoms. The van der Waals surface area contributed by atoms with Crippen LogP contribution in [0.15, 0.2) is 29.8 Å². The molecule has 19 heavy (non-hydrogen) atoms. The Morgan fingerprint density at radius 1 is 1.16 bits per heavy atom. The van der Waals surface area contributed by atoms with Gasteiger partial charge in [-0.2, -0.15) is 0 Å². The molecule has 0 N–H and O–H groups in total. The SMILES string of the molecule is CC(=C1C(=O)OC(C)(C)OC1=O)c1cccc(Cl)c1. The highest BCUT2D eigenvalue weighted by Gasteiger charge is 2.40. The number of carbonyl (C=O) groups is 2. The molecule has 1 aromatic rings. The van der Waals surface area contributed by atoms with Crippen molar-refractivity contribution in [2.24, 2.45) is 0 Å². The van der Waals surface area contributed by atoms with Crippen molar-refractivity contribution >= 4 is 29.1 Å². The van der Waals surface area contributed by atoms with Gasteiger partial charge in [0.1, 0.15) is 5.57 Å². The molecule has 2 rings (SSSR count). The second kappa shape index (κ2) is 4.70. The van der Waals surface area contributed by atoms with Crippen molar-refractivity contribution in [3.05, 3.63) is 40.4 Å². The van der Waals surface area contributed by atoms with Gasteiger partial charge in [-0.15, -0.1) is 0 Å². The Morgan fingerprint density at radius 3 is 2.26 bits per heavy atom. The molecule has 0 saturated carbocycles. The lowest BCUT2D eigenvalue weighted by Crippen LogP contribution is -2.42. The molecule has 1 heterocycles. The minimum atomic E-state index is -1.23. The van der Waals surface area contributed by atoms with Gasteiger partial charge in [0.15, 0.2) is 0 Å². The lowest BCUT2D eigenvalue weighted by atomic mass is 10.0. The standard InChI is InChI=1S/C14H13ClO4/c1-8(9-5-4-6-10(15)7-9)11-12(16)18-14(2,3)19-13(11)17/h4-7H,1-3H3. The lowest BCUT2D eigenvalue weighted by molar-refractivity contribution is -0.222. The largest absolute Gasteiger partial charge is 0.419 e. The summed E-state index contributed by atoms with van der Waals surface area (Å²) in [5, 5.41) is 0.523. The van der Waals surface area contributed by atoms with Crippen LogP contribution in [0.2, 0.25) is 5.02 Å². The number of hydrogen-bond donors (Lipinski definition) is 0. The Hall–Kier alpha value is -1.81. The number of hydrogen-bond acceptors (Lipinski definition) is 4. The quantitative estimate of drug-likeness (QED) is 0.451. The topological polar surface area (TPSA) is 52.6 Å². The molecular weight excluding hydrogens is 268 g/mol. The van der Waals surface area contributed by atoms with E-state index in [0.29, 0.717) is 16.2 Å². The zero-order chi connectivity index (χ0) is 14.2. The maximum Gasteiger partial charge on any atom is 0.349 e. The molecule has 1 aliphatic heterocycles. The maximum atomic E-state index is 11.9. The van der Waals surface area contributed by atoms with Gasteiger partial charge < -0.3 is 9.47 Å². The van der Waals surface area contributed by atoms with Gasteiger partial charge in [-0.3, -0.25) is 0 Å². The van der Waals surface area contributed by atoms with Gasteiger partial charge in [0, 0.05) is 18.9 Å². The maximum absolute atomic E-state index is 11.9. The first-order chi connectivity index (χ1) is 8.80. The number of halogens is 1. The molecule has 100 valence electrons. The smallest absolute Gasteiger partial charge is 0.349 e. The first kappa shape index (κ1) is 13.6. The van der Waals surface area contributed by atoms with Crippen LogP contribution >= 0.6 is 11.6 Å². The average molecular weight is 281 g/mol. The number of allylic oxidation sites excluding steroid dienone is 1. The molecule has 1 saturated heterocycles. The highest BCUT2D eigenvalue weighted by molar-refractivity contribution is 6.30. The predicted octanol–water partition coefficient (Wildman–Crippen LogP) is 2.95. The summed E-state index contributed by atoms with van der Waals surface area (Å²) in [6.45, 7) is 4.67. The van der Waals surface area contributed by atoms with Gasteiger partial charge in [-0.1, -0.05) is 23.7 Å². The first-order valence-corrected chi connectivity index (χ1v) is 6.11. The van der Waals surface area contributed by atoms with E-state index in [1.54, 1.807) is 31.2 Å². The normalized spacial score (nSPS) is 17.8. The van der Waals surface area contributed by atoms with E-state index in [0.717, 1.165) is 0 Å². The summed E-state index contributed by atoms with van der Waals surface area (Å²) >= 11 is 5.89. The fourth-order valence-electron chi connectivity index (χ4n) is 1.82. The summed E-state index contributed by atoms with van der Waals surface area (Å²) in [6, 6.07) is 6.88. The molecule has 0 radical (unpaired) electrons. The molecule has 0 amide bonds. The van der Waals surface area contributed by atoms with E-state index in [1.165, 1.54) is 13.8 Å². The van der Waals surface area contributed by atoms with Gasteiger partial charge >= 0.3 is 11.9 Å². The molecule has 0 aliphatic carbocycles. The Labute approximate surface area is 116 Å². The minimum absolute atomic E-state index is 0.0957. The van der Waals surface area contributed by atoms with E-state index in [9.17, 15) is 9.59 Å². The lowest BCUT2D eigenvalue weighted by Gasteiger charge is -2.30. The molecule has 0 unspecified atom stereocenters. The number of esters is 2. The van der Waals surface area contributed by atoms with Gasteiger partial charge in [-0.25, -0.2) is 9.59 Å². The van der Waals surface area contributed by atoms with E-state index in [1.807, 2.05) is 0 Å². The minimum Gasteiger partial charge on any atom is -0.419 e. The summed E-state index contributed by atoms with van der Waals surface area (Å²) in [5.74, 6) is -2.59. The Morgan fingerprint density at radius 2 is 1.74 bits per heavy atom. The van der Waals surface area contributed by atoms with E-state index < -0.39 is 17.7 Å². The predicted molar refractivity (Wildman–Crippen MR) is 70.3 cm³/mol. The van der Waals surface area contributed by atoms with Crippen LogP contribution in [-0.4, -0.2) is 17.7 Å². The average Bonchev–Trinajstić information content (AvgIpc) is 2.25. The Balaban J connectivity index is 2.47. The first-order valence-electron chi connectivity index (χ1n) is 5.74. The second-order valence-corrected chi connectivity index (χ2v) is 5.13. The summed E-state index contributed by atoms with van der Waals surface area (Å²) in [5.41, 5.74) is 1.06. The van der Waals surface area contributed by atoms with Crippen molar-refractivity contribution in [1.29, 1.82) is 0 Å². The number of benzene rings is 1. The summed E-state index contributed by atoms with van der Waals surface area (Å²) < 4.78 is 10.1. The Kier molecular flexibility index (Phi) is 3.37. The monoisotopic (exact) mass is 280 g/mol. The van der Waals surface area contributed by atoms with Crippen LogP contribution in [0.4, 0.5) is 0 Å². The zero-order valence-corrected chi connectivity index (χ0v) is 11.6. The number of carbonyl (C=O) groups excluding carboxylic acids is 2. The van der Waals surface area contributed by atoms with Gasteiger partial charge in [0.05, 0.1) is 0 Å². The van der Waals surface area contributed by atoms with E-state index in [4.69, 9.17) is 21.1 Å². The third-order valence-electron chi connectivity index (χ3n) is 2.72. The number of cyclic esters (lactones) is 2. The van der Waals surface area contributed by atoms with Crippen LogP contribution in [0, 0.1) is 0 Å². The highest BCUT2D eigenvalue weighted by Crippen LogP contribution is 2.29. The van der Waals surface area contributed by atoms with Crippen LogP contribution in [-0.2, 0) is 19.1 Å². The summed E-state index contributed by atoms with van der Waals surface area (Å²) in [7, 11) is 0. The van der Waals surface area contributed by atoms with Crippen molar-refractivity contribution < 1.29 is 19.1 Å². The molecule has 0 atom stereocenters. The van der Waals surface area contributed by atoms with E-state index in [-0.39, 0.29) is 5.57 Å². The van der Waals surface area contributed by atoms with Gasteiger partial charge in [-0.05, 0) is 30.2 Å². The van der Waals surface area contributed by atoms with Crippen LogP contribution in [0.25, 0.3) is 5.57 Å². The van der Waals surface area contributed by atoms with Crippen LogP contribution in [0.1, 0.15) is 26.3 Å². The number of ether oxygens (including phenoxy) is 2. The molecule has 1 aromatic carbocycles. The molecule has 1 aliphatic rings. The summed E-state index contributed by atoms with van der Waals surface area (Å²) in [4.78, 5) is 23.8. The van der Waals surface area contributed by atoms with Crippen molar-refractivity contribution in [1.82, 2.24) is 0 Å². The van der Waals surface area contributed by atoms with Crippen molar-refractivity contribution in [3.63, 3.8) is 0 Å². The highest BCUT2D eigenvalue weighted by atomic mass is 35.5. The van der Waals surface area contributed by atoms with Crippen LogP contribution in [0.3, 0.4) is 0 Å². The van der Waals surface area contributed by atoms with Crippen molar-refractivity contribution in [2.45, 2.75) is 26.6 Å². The molecule has 0 aromatic heterocycles.